The molecule has 1 heterocycles. The third-order valence-corrected chi connectivity index (χ3v) is 3.26. The molecule has 0 radical (unpaired) electrons. The van der Waals surface area contributed by atoms with Crippen molar-refractivity contribution in [2.45, 2.75) is 19.4 Å². The summed E-state index contributed by atoms with van der Waals surface area (Å²) in [6.45, 7) is 1.93. The van der Waals surface area contributed by atoms with Gasteiger partial charge in [0.25, 0.3) is 0 Å². The minimum absolute atomic E-state index is 0.181. The lowest BCUT2D eigenvalue weighted by Gasteiger charge is -2.23. The molecule has 1 aliphatic heterocycles. The van der Waals surface area contributed by atoms with Gasteiger partial charge in [0, 0.05) is 32.1 Å². The lowest BCUT2D eigenvalue weighted by molar-refractivity contribution is -0.138. The van der Waals surface area contributed by atoms with Crippen LogP contribution >= 0.6 is 0 Å². The van der Waals surface area contributed by atoms with E-state index in [9.17, 15) is 19.5 Å². The Hall–Kier alpha value is -2.57. The van der Waals surface area contributed by atoms with Gasteiger partial charge in [-0.1, -0.05) is 18.2 Å². The van der Waals surface area contributed by atoms with E-state index >= 15 is 0 Å². The summed E-state index contributed by atoms with van der Waals surface area (Å²) in [5.74, 6) is -1.22. The molecule has 1 aromatic carbocycles. The Bertz CT molecular complexity index is 573. The summed E-state index contributed by atoms with van der Waals surface area (Å²) < 4.78 is 0. The average Bonchev–Trinajstić information content (AvgIpc) is 2.83. The van der Waals surface area contributed by atoms with Gasteiger partial charge in [-0.25, -0.2) is 9.59 Å². The number of anilines is 1. The molecular weight excluding hydrogens is 274 g/mol. The van der Waals surface area contributed by atoms with Crippen LogP contribution < -0.4 is 15.5 Å². The molecule has 1 aliphatic rings. The number of rotatable bonds is 4. The SMILES string of the molecule is CC(=O)NCCNC(=O)N1c2ccccc2CC1C(=O)O. The van der Waals surface area contributed by atoms with E-state index in [-0.39, 0.29) is 12.5 Å². The van der Waals surface area contributed by atoms with Crippen molar-refractivity contribution in [2.75, 3.05) is 18.0 Å². The highest BCUT2D eigenvalue weighted by atomic mass is 16.4. The fourth-order valence-corrected chi connectivity index (χ4v) is 2.33. The van der Waals surface area contributed by atoms with Crippen LogP contribution in [0.1, 0.15) is 12.5 Å². The van der Waals surface area contributed by atoms with Crippen LogP contribution in [0.5, 0.6) is 0 Å². The van der Waals surface area contributed by atoms with E-state index in [1.54, 1.807) is 12.1 Å². The molecule has 0 bridgehead atoms. The normalized spacial score (nSPS) is 16.2. The van der Waals surface area contributed by atoms with Crippen molar-refractivity contribution in [1.29, 1.82) is 0 Å². The number of urea groups is 1. The number of para-hydroxylation sites is 1. The lowest BCUT2D eigenvalue weighted by Crippen LogP contribution is -2.49. The molecule has 7 heteroatoms. The maximum Gasteiger partial charge on any atom is 0.327 e. The molecule has 0 saturated carbocycles. The molecule has 21 heavy (non-hydrogen) atoms. The molecule has 3 amide bonds. The Morgan fingerprint density at radius 3 is 2.57 bits per heavy atom. The van der Waals surface area contributed by atoms with Gasteiger partial charge in [-0.3, -0.25) is 9.69 Å². The molecule has 7 nitrogen and oxygen atoms in total. The summed E-state index contributed by atoms with van der Waals surface area (Å²) in [7, 11) is 0. The van der Waals surface area contributed by atoms with E-state index in [1.165, 1.54) is 11.8 Å². The molecule has 0 fully saturated rings. The number of benzene rings is 1. The Morgan fingerprint density at radius 2 is 1.90 bits per heavy atom. The molecule has 1 atom stereocenters. The van der Waals surface area contributed by atoms with Crippen molar-refractivity contribution in [3.05, 3.63) is 29.8 Å². The van der Waals surface area contributed by atoms with E-state index in [4.69, 9.17) is 0 Å². The lowest BCUT2D eigenvalue weighted by atomic mass is 10.1. The highest BCUT2D eigenvalue weighted by molar-refractivity contribution is 6.01. The standard InChI is InChI=1S/C14H17N3O4/c1-9(18)15-6-7-16-14(21)17-11-5-3-2-4-10(11)8-12(17)13(19)20/h2-5,12H,6-8H2,1H3,(H,15,18)(H,16,21)(H,19,20). The van der Waals surface area contributed by atoms with E-state index in [0.29, 0.717) is 18.7 Å². The predicted octanol–water partition coefficient (Wildman–Crippen LogP) is 0.348. The van der Waals surface area contributed by atoms with Gasteiger partial charge in [0.15, 0.2) is 0 Å². The molecule has 0 aliphatic carbocycles. The number of carbonyl (C=O) groups is 3. The van der Waals surface area contributed by atoms with Crippen LogP contribution in [0.15, 0.2) is 24.3 Å². The summed E-state index contributed by atoms with van der Waals surface area (Å²) in [6.07, 6.45) is 0.296. The van der Waals surface area contributed by atoms with E-state index in [1.807, 2.05) is 12.1 Å². The molecule has 0 spiro atoms. The predicted molar refractivity (Wildman–Crippen MR) is 76.1 cm³/mol. The fourth-order valence-electron chi connectivity index (χ4n) is 2.33. The van der Waals surface area contributed by atoms with Crippen molar-refractivity contribution in [3.8, 4) is 0 Å². The summed E-state index contributed by atoms with van der Waals surface area (Å²) in [5.41, 5.74) is 1.45. The highest BCUT2D eigenvalue weighted by Crippen LogP contribution is 2.31. The Labute approximate surface area is 121 Å². The molecule has 1 unspecified atom stereocenters. The first-order valence-corrected chi connectivity index (χ1v) is 6.63. The van der Waals surface area contributed by atoms with Crippen LogP contribution in [-0.2, 0) is 16.0 Å². The van der Waals surface area contributed by atoms with Crippen molar-refractivity contribution in [2.24, 2.45) is 0 Å². The van der Waals surface area contributed by atoms with Gasteiger partial charge < -0.3 is 15.7 Å². The zero-order valence-corrected chi connectivity index (χ0v) is 11.6. The number of amides is 3. The molecule has 0 saturated heterocycles. The topological polar surface area (TPSA) is 98.7 Å². The largest absolute Gasteiger partial charge is 0.480 e. The zero-order chi connectivity index (χ0) is 15.4. The summed E-state index contributed by atoms with van der Waals surface area (Å²) in [4.78, 5) is 35.5. The number of nitrogens with zero attached hydrogens (tertiary/aromatic N) is 1. The minimum atomic E-state index is -1.04. The van der Waals surface area contributed by atoms with Crippen molar-refractivity contribution in [3.63, 3.8) is 0 Å². The van der Waals surface area contributed by atoms with Gasteiger partial charge in [-0.05, 0) is 11.6 Å². The molecular formula is C14H17N3O4. The van der Waals surface area contributed by atoms with Crippen LogP contribution in [0, 0.1) is 0 Å². The van der Waals surface area contributed by atoms with Gasteiger partial charge in [0.05, 0.1) is 0 Å². The Balaban J connectivity index is 2.06. The number of carboxylic acids is 1. The number of aliphatic carboxylic acids is 1. The second-order valence-corrected chi connectivity index (χ2v) is 4.77. The molecule has 2 rings (SSSR count). The second kappa shape index (κ2) is 6.25. The van der Waals surface area contributed by atoms with Gasteiger partial charge in [-0.15, -0.1) is 0 Å². The molecule has 112 valence electrons. The van der Waals surface area contributed by atoms with E-state index in [2.05, 4.69) is 10.6 Å². The van der Waals surface area contributed by atoms with E-state index in [0.717, 1.165) is 5.56 Å². The van der Waals surface area contributed by atoms with Gasteiger partial charge in [0.2, 0.25) is 5.91 Å². The van der Waals surface area contributed by atoms with Crippen molar-refractivity contribution < 1.29 is 19.5 Å². The molecule has 1 aromatic rings. The second-order valence-electron chi connectivity index (χ2n) is 4.77. The number of fused-ring (bicyclic) bond motifs is 1. The van der Waals surface area contributed by atoms with Gasteiger partial charge in [-0.2, -0.15) is 0 Å². The molecule has 0 aromatic heterocycles. The monoisotopic (exact) mass is 291 g/mol. The number of hydrogen-bond donors (Lipinski definition) is 3. The summed E-state index contributed by atoms with van der Waals surface area (Å²) in [6, 6.07) is 5.75. The minimum Gasteiger partial charge on any atom is -0.480 e. The number of nitrogens with one attached hydrogen (secondary N) is 2. The third kappa shape index (κ3) is 3.31. The zero-order valence-electron chi connectivity index (χ0n) is 11.6. The summed E-state index contributed by atoms with van der Waals surface area (Å²) in [5, 5.41) is 14.4. The first kappa shape index (κ1) is 14.8. The van der Waals surface area contributed by atoms with Crippen LogP contribution in [0.4, 0.5) is 10.5 Å². The van der Waals surface area contributed by atoms with Crippen molar-refractivity contribution >= 4 is 23.6 Å². The fraction of sp³-hybridized carbons (Fsp3) is 0.357. The quantitative estimate of drug-likeness (QED) is 0.697. The number of carbonyl (C=O) groups excluding carboxylic acids is 2. The Kier molecular flexibility index (Phi) is 4.42. The van der Waals surface area contributed by atoms with Gasteiger partial charge in [0.1, 0.15) is 6.04 Å². The molecule has 3 N–H and O–H groups in total. The van der Waals surface area contributed by atoms with E-state index < -0.39 is 18.0 Å². The van der Waals surface area contributed by atoms with Crippen LogP contribution in [0.25, 0.3) is 0 Å². The van der Waals surface area contributed by atoms with Gasteiger partial charge >= 0.3 is 12.0 Å². The number of hydrogen-bond acceptors (Lipinski definition) is 3. The maximum atomic E-state index is 12.2. The highest BCUT2D eigenvalue weighted by Gasteiger charge is 2.38. The van der Waals surface area contributed by atoms with Crippen molar-refractivity contribution in [1.82, 2.24) is 10.6 Å². The average molecular weight is 291 g/mol. The van der Waals surface area contributed by atoms with Crippen LogP contribution in [0.3, 0.4) is 0 Å². The summed E-state index contributed by atoms with van der Waals surface area (Å²) >= 11 is 0. The first-order chi connectivity index (χ1) is 10.0. The van der Waals surface area contributed by atoms with Crippen LogP contribution in [-0.4, -0.2) is 42.1 Å². The third-order valence-electron chi connectivity index (χ3n) is 3.26. The number of carboxylic acid groups (broad SMARTS) is 1. The smallest absolute Gasteiger partial charge is 0.327 e. The van der Waals surface area contributed by atoms with Crippen LogP contribution in [0.2, 0.25) is 0 Å². The first-order valence-electron chi connectivity index (χ1n) is 6.63. The Morgan fingerprint density at radius 1 is 1.24 bits per heavy atom. The maximum absolute atomic E-state index is 12.2.